The molecule has 0 aliphatic rings. The van der Waals surface area contributed by atoms with Gasteiger partial charge < -0.3 is 10.8 Å². The van der Waals surface area contributed by atoms with Crippen LogP contribution in [0.5, 0.6) is 0 Å². The highest BCUT2D eigenvalue weighted by molar-refractivity contribution is 5.41. The van der Waals surface area contributed by atoms with Gasteiger partial charge in [-0.25, -0.2) is 0 Å². The van der Waals surface area contributed by atoms with Gasteiger partial charge in [0.15, 0.2) is 0 Å². The van der Waals surface area contributed by atoms with Gasteiger partial charge in [0.25, 0.3) is 0 Å². The summed E-state index contributed by atoms with van der Waals surface area (Å²) in [7, 11) is 0. The number of anilines is 1. The molecule has 1 aromatic carbocycles. The molecule has 1 unspecified atom stereocenters. The van der Waals surface area contributed by atoms with Crippen LogP contribution in [-0.2, 0) is 0 Å². The summed E-state index contributed by atoms with van der Waals surface area (Å²) in [5.41, 5.74) is 5.04. The van der Waals surface area contributed by atoms with Crippen molar-refractivity contribution in [1.29, 1.82) is 0 Å². The van der Waals surface area contributed by atoms with Crippen LogP contribution >= 0.6 is 0 Å². The molecule has 0 aliphatic carbocycles. The first-order valence-corrected chi connectivity index (χ1v) is 4.53. The van der Waals surface area contributed by atoms with E-state index in [0.29, 0.717) is 11.3 Å². The van der Waals surface area contributed by atoms with Gasteiger partial charge in [-0.3, -0.25) is 10.1 Å². The quantitative estimate of drug-likeness (QED) is 0.447. The molecule has 0 spiro atoms. The third-order valence-corrected chi connectivity index (χ3v) is 2.37. The fourth-order valence-corrected chi connectivity index (χ4v) is 1.24. The third kappa shape index (κ3) is 2.24. The first-order valence-electron chi connectivity index (χ1n) is 4.53. The minimum Gasteiger partial charge on any atom is -0.399 e. The minimum absolute atomic E-state index is 0.455. The number of aliphatic hydroxyl groups is 1. The monoisotopic (exact) mass is 210 g/mol. The van der Waals surface area contributed by atoms with Gasteiger partial charge in [0.05, 0.1) is 0 Å². The molecular formula is C10H14N2O3. The maximum absolute atomic E-state index is 10.7. The Balaban J connectivity index is 3.04. The predicted molar refractivity (Wildman–Crippen MR) is 56.9 cm³/mol. The molecule has 0 aliphatic heterocycles. The predicted octanol–water partition coefficient (Wildman–Crippen LogP) is 1.36. The molecule has 0 aromatic heterocycles. The number of nitrogens with zero attached hydrogens (tertiary/aromatic N) is 1. The highest BCUT2D eigenvalue weighted by atomic mass is 16.6. The fraction of sp³-hybridized carbons (Fsp3) is 0.400. The van der Waals surface area contributed by atoms with Crippen LogP contribution in [-0.4, -0.2) is 15.6 Å². The van der Waals surface area contributed by atoms with Crippen LogP contribution < -0.4 is 5.73 Å². The Kier molecular flexibility index (Phi) is 2.95. The van der Waals surface area contributed by atoms with Gasteiger partial charge in [-0.05, 0) is 17.7 Å². The number of nitrogens with two attached hydrogens (primary N) is 1. The summed E-state index contributed by atoms with van der Waals surface area (Å²) in [4.78, 5) is 10.2. The maximum atomic E-state index is 10.7. The van der Waals surface area contributed by atoms with Crippen molar-refractivity contribution in [2.45, 2.75) is 25.5 Å². The molecule has 15 heavy (non-hydrogen) atoms. The van der Waals surface area contributed by atoms with Crippen LogP contribution in [0.15, 0.2) is 24.3 Å². The standard InChI is InChI=1S/C10H14N2O3/c1-10(2,12(14)15)9(13)7-4-3-5-8(11)6-7/h3-6,9,13H,11H2,1-2H3. The SMILES string of the molecule is CC(C)(C(O)c1cccc(N)c1)[N+](=O)[O-]. The lowest BCUT2D eigenvalue weighted by atomic mass is 9.92. The van der Waals surface area contributed by atoms with Crippen molar-refractivity contribution in [3.63, 3.8) is 0 Å². The number of benzene rings is 1. The van der Waals surface area contributed by atoms with E-state index in [0.717, 1.165) is 0 Å². The molecular weight excluding hydrogens is 196 g/mol. The lowest BCUT2D eigenvalue weighted by molar-refractivity contribution is -0.575. The molecule has 0 saturated carbocycles. The number of nitro groups is 1. The Morgan fingerprint density at radius 1 is 1.53 bits per heavy atom. The van der Waals surface area contributed by atoms with Gasteiger partial charge in [0, 0.05) is 24.5 Å². The first kappa shape index (κ1) is 11.5. The van der Waals surface area contributed by atoms with E-state index in [2.05, 4.69) is 0 Å². The Bertz CT molecular complexity index is 377. The molecule has 82 valence electrons. The zero-order valence-corrected chi connectivity index (χ0v) is 8.68. The van der Waals surface area contributed by atoms with Gasteiger partial charge in [-0.15, -0.1) is 0 Å². The molecule has 0 radical (unpaired) electrons. The number of hydrogen-bond acceptors (Lipinski definition) is 4. The average molecular weight is 210 g/mol. The van der Waals surface area contributed by atoms with E-state index in [1.807, 2.05) is 0 Å². The van der Waals surface area contributed by atoms with E-state index in [9.17, 15) is 15.2 Å². The summed E-state index contributed by atoms with van der Waals surface area (Å²) in [5.74, 6) is 0. The van der Waals surface area contributed by atoms with Crippen LogP contribution in [0.3, 0.4) is 0 Å². The van der Waals surface area contributed by atoms with Crippen LogP contribution in [0.2, 0.25) is 0 Å². The summed E-state index contributed by atoms with van der Waals surface area (Å²) in [6, 6.07) is 6.47. The fourth-order valence-electron chi connectivity index (χ4n) is 1.24. The topological polar surface area (TPSA) is 89.4 Å². The summed E-state index contributed by atoms with van der Waals surface area (Å²) in [6.07, 6.45) is -1.17. The van der Waals surface area contributed by atoms with Gasteiger partial charge in [-0.1, -0.05) is 12.1 Å². The van der Waals surface area contributed by atoms with Crippen molar-refractivity contribution >= 4 is 5.69 Å². The normalized spacial score (nSPS) is 13.5. The molecule has 5 heteroatoms. The van der Waals surface area contributed by atoms with E-state index in [1.54, 1.807) is 18.2 Å². The van der Waals surface area contributed by atoms with Crippen LogP contribution in [0.4, 0.5) is 5.69 Å². The Morgan fingerprint density at radius 2 is 2.13 bits per heavy atom. The van der Waals surface area contributed by atoms with Crippen molar-refractivity contribution < 1.29 is 10.0 Å². The molecule has 0 fully saturated rings. The third-order valence-electron chi connectivity index (χ3n) is 2.37. The van der Waals surface area contributed by atoms with Gasteiger partial charge in [0.2, 0.25) is 5.54 Å². The summed E-state index contributed by atoms with van der Waals surface area (Å²) >= 11 is 0. The second kappa shape index (κ2) is 3.86. The van der Waals surface area contributed by atoms with E-state index < -0.39 is 16.6 Å². The molecule has 1 aromatic rings. The van der Waals surface area contributed by atoms with E-state index >= 15 is 0 Å². The maximum Gasteiger partial charge on any atom is 0.246 e. The van der Waals surface area contributed by atoms with Crippen LogP contribution in [0, 0.1) is 10.1 Å². The molecule has 0 bridgehead atoms. The lowest BCUT2D eigenvalue weighted by Crippen LogP contribution is -2.38. The minimum atomic E-state index is -1.42. The number of hydrogen-bond donors (Lipinski definition) is 2. The molecule has 1 rings (SSSR count). The van der Waals surface area contributed by atoms with Crippen molar-refractivity contribution in [3.05, 3.63) is 39.9 Å². The Morgan fingerprint density at radius 3 is 2.60 bits per heavy atom. The molecule has 1 atom stereocenters. The number of aliphatic hydroxyl groups excluding tert-OH is 1. The molecule has 0 saturated heterocycles. The van der Waals surface area contributed by atoms with Crippen LogP contribution in [0.25, 0.3) is 0 Å². The van der Waals surface area contributed by atoms with Crippen molar-refractivity contribution in [3.8, 4) is 0 Å². The highest BCUT2D eigenvalue weighted by Gasteiger charge is 2.40. The summed E-state index contributed by atoms with van der Waals surface area (Å²) < 4.78 is 0. The second-order valence-corrected chi connectivity index (χ2v) is 3.98. The van der Waals surface area contributed by atoms with Crippen molar-refractivity contribution in [2.24, 2.45) is 0 Å². The first-order chi connectivity index (χ1) is 6.85. The van der Waals surface area contributed by atoms with E-state index in [4.69, 9.17) is 5.73 Å². The average Bonchev–Trinajstić information content (AvgIpc) is 2.16. The summed E-state index contributed by atoms with van der Waals surface area (Å²) in [5, 5.41) is 20.6. The smallest absolute Gasteiger partial charge is 0.246 e. The second-order valence-electron chi connectivity index (χ2n) is 3.98. The molecule has 0 heterocycles. The number of nitrogen functional groups attached to an aromatic ring is 1. The number of rotatable bonds is 3. The zero-order valence-electron chi connectivity index (χ0n) is 8.68. The van der Waals surface area contributed by atoms with Gasteiger partial charge >= 0.3 is 0 Å². The van der Waals surface area contributed by atoms with E-state index in [1.165, 1.54) is 19.9 Å². The molecule has 5 nitrogen and oxygen atoms in total. The molecule has 0 amide bonds. The van der Waals surface area contributed by atoms with Gasteiger partial charge in [0.1, 0.15) is 6.10 Å². The largest absolute Gasteiger partial charge is 0.399 e. The lowest BCUT2D eigenvalue weighted by Gasteiger charge is -2.22. The van der Waals surface area contributed by atoms with Gasteiger partial charge in [-0.2, -0.15) is 0 Å². The molecule has 3 N–H and O–H groups in total. The van der Waals surface area contributed by atoms with Crippen molar-refractivity contribution in [2.75, 3.05) is 5.73 Å². The zero-order chi connectivity index (χ0) is 11.6. The van der Waals surface area contributed by atoms with E-state index in [-0.39, 0.29) is 0 Å². The van der Waals surface area contributed by atoms with Crippen LogP contribution in [0.1, 0.15) is 25.5 Å². The highest BCUT2D eigenvalue weighted by Crippen LogP contribution is 2.28. The summed E-state index contributed by atoms with van der Waals surface area (Å²) in [6.45, 7) is 2.75. The Labute approximate surface area is 87.7 Å². The Hall–Kier alpha value is -1.62. The van der Waals surface area contributed by atoms with Crippen molar-refractivity contribution in [1.82, 2.24) is 0 Å².